The molecule has 154 valence electrons. The van der Waals surface area contributed by atoms with E-state index in [-0.39, 0.29) is 11.8 Å². The molecule has 0 aliphatic heterocycles. The molecule has 2 atom stereocenters. The molecule has 2 N–H and O–H groups in total. The van der Waals surface area contributed by atoms with E-state index in [1.54, 1.807) is 0 Å². The van der Waals surface area contributed by atoms with Crippen LogP contribution in [0.15, 0.2) is 0 Å². The minimum absolute atomic E-state index is 0.0388. The van der Waals surface area contributed by atoms with Gasteiger partial charge in [-0.3, -0.25) is 4.79 Å². The monoisotopic (exact) mass is 369 g/mol. The Hall–Kier alpha value is -1.06. The van der Waals surface area contributed by atoms with Gasteiger partial charge in [0.25, 0.3) is 0 Å². The van der Waals surface area contributed by atoms with Crippen molar-refractivity contribution in [3.8, 4) is 0 Å². The van der Waals surface area contributed by atoms with Gasteiger partial charge in [0.05, 0.1) is 0 Å². The van der Waals surface area contributed by atoms with Crippen LogP contribution < -0.4 is 5.32 Å². The van der Waals surface area contributed by atoms with E-state index >= 15 is 0 Å². The van der Waals surface area contributed by atoms with Crippen molar-refractivity contribution >= 4 is 11.9 Å². The lowest BCUT2D eigenvalue weighted by atomic mass is 9.99. The molecule has 0 fully saturated rings. The summed E-state index contributed by atoms with van der Waals surface area (Å²) in [6, 6.07) is -0.755. The van der Waals surface area contributed by atoms with E-state index in [4.69, 9.17) is 0 Å². The minimum Gasteiger partial charge on any atom is -0.480 e. The molecule has 0 aliphatic rings. The number of carboxylic acids is 1. The van der Waals surface area contributed by atoms with Gasteiger partial charge in [-0.2, -0.15) is 0 Å². The number of aliphatic carboxylic acids is 1. The fourth-order valence-electron chi connectivity index (χ4n) is 3.23. The molecule has 0 saturated heterocycles. The van der Waals surface area contributed by atoms with E-state index in [1.807, 2.05) is 13.8 Å². The molecule has 0 radical (unpaired) electrons. The Labute approximate surface area is 161 Å². The molecular formula is C22H43NO3. The van der Waals surface area contributed by atoms with Gasteiger partial charge in [-0.1, -0.05) is 104 Å². The lowest BCUT2D eigenvalue weighted by molar-refractivity contribution is -0.143. The van der Waals surface area contributed by atoms with E-state index in [2.05, 4.69) is 12.2 Å². The van der Waals surface area contributed by atoms with E-state index < -0.39 is 12.0 Å². The highest BCUT2D eigenvalue weighted by atomic mass is 16.4. The number of hydrogen-bond acceptors (Lipinski definition) is 2. The van der Waals surface area contributed by atoms with Gasteiger partial charge in [0, 0.05) is 6.42 Å². The molecule has 1 amide bonds. The Morgan fingerprint density at radius 2 is 1.19 bits per heavy atom. The molecule has 4 heteroatoms. The quantitative estimate of drug-likeness (QED) is 0.288. The maximum atomic E-state index is 11.9. The molecular weight excluding hydrogens is 326 g/mol. The molecule has 0 aromatic carbocycles. The van der Waals surface area contributed by atoms with Crippen LogP contribution in [-0.4, -0.2) is 23.0 Å². The normalized spacial score (nSPS) is 13.3. The van der Waals surface area contributed by atoms with Crippen LogP contribution in [0.4, 0.5) is 0 Å². The average Bonchev–Trinajstić information content (AvgIpc) is 2.62. The van der Waals surface area contributed by atoms with Crippen molar-refractivity contribution in [3.63, 3.8) is 0 Å². The zero-order valence-electron chi connectivity index (χ0n) is 17.5. The first-order valence-corrected chi connectivity index (χ1v) is 11.0. The summed E-state index contributed by atoms with van der Waals surface area (Å²) in [5.74, 6) is -1.10. The predicted octanol–water partition coefficient (Wildman–Crippen LogP) is 6.08. The number of carbonyl (C=O) groups is 2. The Morgan fingerprint density at radius 1 is 0.769 bits per heavy atom. The summed E-state index contributed by atoms with van der Waals surface area (Å²) >= 11 is 0. The van der Waals surface area contributed by atoms with Crippen LogP contribution in [0.5, 0.6) is 0 Å². The molecule has 4 nitrogen and oxygen atoms in total. The Balaban J connectivity index is 3.49. The van der Waals surface area contributed by atoms with E-state index in [0.717, 1.165) is 19.3 Å². The first-order chi connectivity index (χ1) is 12.5. The van der Waals surface area contributed by atoms with Gasteiger partial charge in [0.1, 0.15) is 6.04 Å². The number of hydrogen-bond donors (Lipinski definition) is 2. The van der Waals surface area contributed by atoms with Crippen LogP contribution in [-0.2, 0) is 9.59 Å². The Bertz CT molecular complexity index is 357. The third-order valence-electron chi connectivity index (χ3n) is 5.30. The van der Waals surface area contributed by atoms with Crippen molar-refractivity contribution in [2.45, 2.75) is 123 Å². The van der Waals surface area contributed by atoms with Gasteiger partial charge in [0.2, 0.25) is 5.91 Å². The van der Waals surface area contributed by atoms with Crippen LogP contribution in [0.2, 0.25) is 0 Å². The third-order valence-corrected chi connectivity index (χ3v) is 5.30. The topological polar surface area (TPSA) is 66.4 Å². The summed E-state index contributed by atoms with van der Waals surface area (Å²) in [5.41, 5.74) is 0. The molecule has 0 rings (SSSR count). The lowest BCUT2D eigenvalue weighted by Crippen LogP contribution is -2.44. The first-order valence-electron chi connectivity index (χ1n) is 11.0. The van der Waals surface area contributed by atoms with Crippen molar-refractivity contribution in [3.05, 3.63) is 0 Å². The van der Waals surface area contributed by atoms with Gasteiger partial charge in [-0.25, -0.2) is 4.79 Å². The third kappa shape index (κ3) is 14.1. The highest BCUT2D eigenvalue weighted by Crippen LogP contribution is 2.13. The number of nitrogens with one attached hydrogen (secondary N) is 1. The van der Waals surface area contributed by atoms with Crippen LogP contribution in [0, 0.1) is 5.92 Å². The maximum absolute atomic E-state index is 11.9. The van der Waals surface area contributed by atoms with Crippen molar-refractivity contribution in [1.82, 2.24) is 5.32 Å². The van der Waals surface area contributed by atoms with E-state index in [9.17, 15) is 14.7 Å². The standard InChI is InChI=1S/C22H43NO3/c1-4-6-7-8-9-10-11-12-13-14-15-16-17-18-20(24)23-21(22(25)26)19(3)5-2/h19,21H,4-18H2,1-3H3,(H,23,24)(H,25,26). The fourth-order valence-corrected chi connectivity index (χ4v) is 3.23. The molecule has 0 heterocycles. The molecule has 0 saturated carbocycles. The van der Waals surface area contributed by atoms with Crippen LogP contribution in [0.3, 0.4) is 0 Å². The largest absolute Gasteiger partial charge is 0.480 e. The second-order valence-electron chi connectivity index (χ2n) is 7.76. The summed E-state index contributed by atoms with van der Waals surface area (Å²) in [4.78, 5) is 23.1. The Morgan fingerprint density at radius 3 is 1.58 bits per heavy atom. The Kier molecular flexibility index (Phi) is 16.7. The van der Waals surface area contributed by atoms with Crippen molar-refractivity contribution in [2.24, 2.45) is 5.92 Å². The minimum atomic E-state index is -0.932. The zero-order chi connectivity index (χ0) is 19.6. The summed E-state index contributed by atoms with van der Waals surface area (Å²) < 4.78 is 0. The molecule has 0 bridgehead atoms. The number of amides is 1. The second-order valence-corrected chi connectivity index (χ2v) is 7.76. The van der Waals surface area contributed by atoms with Crippen LogP contribution in [0.25, 0.3) is 0 Å². The summed E-state index contributed by atoms with van der Waals surface area (Å²) in [7, 11) is 0. The van der Waals surface area contributed by atoms with E-state index in [0.29, 0.717) is 6.42 Å². The number of unbranched alkanes of at least 4 members (excludes halogenated alkanes) is 12. The summed E-state index contributed by atoms with van der Waals surface area (Å²) in [5, 5.41) is 11.9. The van der Waals surface area contributed by atoms with Gasteiger partial charge in [-0.05, 0) is 12.3 Å². The highest BCUT2D eigenvalue weighted by molar-refractivity contribution is 5.83. The SMILES string of the molecule is CCCCCCCCCCCCCCCC(=O)NC(C(=O)O)C(C)CC. The van der Waals surface area contributed by atoms with Gasteiger partial charge in [0.15, 0.2) is 0 Å². The molecule has 0 spiro atoms. The smallest absolute Gasteiger partial charge is 0.326 e. The second kappa shape index (κ2) is 17.4. The van der Waals surface area contributed by atoms with Crippen molar-refractivity contribution < 1.29 is 14.7 Å². The molecule has 0 aliphatic carbocycles. The molecule has 0 aromatic heterocycles. The highest BCUT2D eigenvalue weighted by Gasteiger charge is 2.24. The fraction of sp³-hybridized carbons (Fsp3) is 0.909. The summed E-state index contributed by atoms with van der Waals surface area (Å²) in [6.45, 7) is 6.07. The number of rotatable bonds is 18. The zero-order valence-corrected chi connectivity index (χ0v) is 17.5. The van der Waals surface area contributed by atoms with E-state index in [1.165, 1.54) is 70.6 Å². The van der Waals surface area contributed by atoms with Crippen molar-refractivity contribution in [2.75, 3.05) is 0 Å². The van der Waals surface area contributed by atoms with Gasteiger partial charge >= 0.3 is 5.97 Å². The van der Waals surface area contributed by atoms with Gasteiger partial charge < -0.3 is 10.4 Å². The van der Waals surface area contributed by atoms with Crippen LogP contribution >= 0.6 is 0 Å². The summed E-state index contributed by atoms with van der Waals surface area (Å²) in [6.07, 6.45) is 17.8. The van der Waals surface area contributed by atoms with Crippen molar-refractivity contribution in [1.29, 1.82) is 0 Å². The molecule has 26 heavy (non-hydrogen) atoms. The van der Waals surface area contributed by atoms with Gasteiger partial charge in [-0.15, -0.1) is 0 Å². The molecule has 2 unspecified atom stereocenters. The molecule has 0 aromatic rings. The first kappa shape index (κ1) is 24.9. The number of carbonyl (C=O) groups excluding carboxylic acids is 1. The predicted molar refractivity (Wildman–Crippen MR) is 109 cm³/mol. The number of carboxylic acid groups (broad SMARTS) is 1. The van der Waals surface area contributed by atoms with Crippen LogP contribution in [0.1, 0.15) is 117 Å². The lowest BCUT2D eigenvalue weighted by Gasteiger charge is -2.20. The average molecular weight is 370 g/mol. The maximum Gasteiger partial charge on any atom is 0.326 e.